The zero-order chi connectivity index (χ0) is 20.6. The Labute approximate surface area is 183 Å². The Bertz CT molecular complexity index is 601. The summed E-state index contributed by atoms with van der Waals surface area (Å²) in [5.74, 6) is 2.64. The van der Waals surface area contributed by atoms with Gasteiger partial charge < -0.3 is 4.43 Å². The average Bonchev–Trinajstić information content (AvgIpc) is 2.65. The van der Waals surface area contributed by atoms with E-state index in [1.807, 2.05) is 0 Å². The molecule has 4 heteroatoms. The average molecular weight is 437 g/mol. The summed E-state index contributed by atoms with van der Waals surface area (Å²) in [5.41, 5.74) is 2.89. The second kappa shape index (κ2) is 11.3. The molecule has 0 unspecified atom stereocenters. The minimum absolute atomic E-state index is 0.274. The molecule has 1 fully saturated rings. The van der Waals surface area contributed by atoms with Crippen LogP contribution in [-0.2, 0) is 10.8 Å². The standard InChI is InChI=1S/C24H40OS2Si/c1-20(13-15-21-11-8-7-9-12-21)14-16-22(19-23-26-17-10-18-27-23)25-28(5,6)24(2,3)4/h7-9,11-13,22-23H,10,14-19H2,1-6H3/b20-13+/t22-/m1/s1. The number of rotatable bonds is 9. The van der Waals surface area contributed by atoms with Crippen LogP contribution in [0.15, 0.2) is 42.0 Å². The molecular formula is C24H40OS2Si. The van der Waals surface area contributed by atoms with Crippen molar-refractivity contribution in [1.29, 1.82) is 0 Å². The summed E-state index contributed by atoms with van der Waals surface area (Å²) in [7, 11) is -1.73. The highest BCUT2D eigenvalue weighted by molar-refractivity contribution is 8.17. The Morgan fingerprint density at radius 2 is 1.82 bits per heavy atom. The Balaban J connectivity index is 1.95. The lowest BCUT2D eigenvalue weighted by Crippen LogP contribution is -2.44. The number of hydrogen-bond acceptors (Lipinski definition) is 3. The molecule has 0 amide bonds. The maximum Gasteiger partial charge on any atom is 0.192 e. The van der Waals surface area contributed by atoms with Crippen molar-refractivity contribution in [3.8, 4) is 0 Å². The molecule has 1 nitrogen and oxygen atoms in total. The second-order valence-electron chi connectivity index (χ2n) is 9.54. The van der Waals surface area contributed by atoms with E-state index in [-0.39, 0.29) is 5.04 Å². The fraction of sp³-hybridized carbons (Fsp3) is 0.667. The van der Waals surface area contributed by atoms with Gasteiger partial charge in [0.05, 0.1) is 4.58 Å². The van der Waals surface area contributed by atoms with Gasteiger partial charge in [-0.3, -0.25) is 0 Å². The monoisotopic (exact) mass is 436 g/mol. The number of allylic oxidation sites excluding steroid dienone is 2. The van der Waals surface area contributed by atoms with Gasteiger partial charge in [0.2, 0.25) is 0 Å². The van der Waals surface area contributed by atoms with Crippen molar-refractivity contribution in [2.75, 3.05) is 11.5 Å². The summed E-state index contributed by atoms with van der Waals surface area (Å²) >= 11 is 4.30. The molecule has 0 bridgehead atoms. The molecule has 28 heavy (non-hydrogen) atoms. The van der Waals surface area contributed by atoms with Gasteiger partial charge in [-0.05, 0) is 74.2 Å². The van der Waals surface area contributed by atoms with Crippen LogP contribution >= 0.6 is 23.5 Å². The highest BCUT2D eigenvalue weighted by Crippen LogP contribution is 2.40. The number of hydrogen-bond donors (Lipinski definition) is 0. The zero-order valence-electron chi connectivity index (χ0n) is 18.8. The van der Waals surface area contributed by atoms with Crippen LogP contribution in [0.4, 0.5) is 0 Å². The first-order chi connectivity index (χ1) is 13.2. The molecule has 1 heterocycles. The maximum absolute atomic E-state index is 6.90. The molecule has 0 aliphatic carbocycles. The van der Waals surface area contributed by atoms with Gasteiger partial charge in [-0.25, -0.2) is 0 Å². The molecule has 1 aliphatic heterocycles. The largest absolute Gasteiger partial charge is 0.414 e. The predicted molar refractivity (Wildman–Crippen MR) is 133 cm³/mol. The van der Waals surface area contributed by atoms with Gasteiger partial charge in [0.25, 0.3) is 0 Å². The van der Waals surface area contributed by atoms with Gasteiger partial charge in [0, 0.05) is 6.10 Å². The molecule has 1 aromatic rings. The molecule has 2 rings (SSSR count). The van der Waals surface area contributed by atoms with Crippen molar-refractivity contribution in [2.45, 2.75) is 88.6 Å². The lowest BCUT2D eigenvalue weighted by Gasteiger charge is -2.40. The van der Waals surface area contributed by atoms with Crippen LogP contribution in [0.5, 0.6) is 0 Å². The molecule has 1 aromatic carbocycles. The normalized spacial score (nSPS) is 18.3. The van der Waals surface area contributed by atoms with Crippen molar-refractivity contribution in [2.24, 2.45) is 0 Å². The molecule has 0 N–H and O–H groups in total. The first kappa shape index (κ1) is 24.1. The molecular weight excluding hydrogens is 396 g/mol. The quantitative estimate of drug-likeness (QED) is 0.287. The van der Waals surface area contributed by atoms with E-state index in [2.05, 4.69) is 101 Å². The molecule has 1 saturated heterocycles. The van der Waals surface area contributed by atoms with Gasteiger partial charge in [0.1, 0.15) is 0 Å². The summed E-state index contributed by atoms with van der Waals surface area (Å²) in [4.78, 5) is 0. The van der Waals surface area contributed by atoms with E-state index in [0.29, 0.717) is 6.10 Å². The lowest BCUT2D eigenvalue weighted by molar-refractivity contribution is 0.166. The zero-order valence-corrected chi connectivity index (χ0v) is 21.4. The van der Waals surface area contributed by atoms with Crippen molar-refractivity contribution in [3.63, 3.8) is 0 Å². The smallest absolute Gasteiger partial charge is 0.192 e. The van der Waals surface area contributed by atoms with Crippen molar-refractivity contribution in [3.05, 3.63) is 47.5 Å². The van der Waals surface area contributed by atoms with Gasteiger partial charge in [-0.1, -0.05) is 62.8 Å². The number of benzene rings is 1. The highest BCUT2D eigenvalue weighted by Gasteiger charge is 2.39. The summed E-state index contributed by atoms with van der Waals surface area (Å²) in [6, 6.07) is 10.8. The Hall–Kier alpha value is -0.163. The van der Waals surface area contributed by atoms with E-state index in [1.54, 1.807) is 0 Å². The third-order valence-corrected chi connectivity index (χ3v) is 13.5. The highest BCUT2D eigenvalue weighted by atomic mass is 32.2. The fourth-order valence-corrected chi connectivity index (χ4v) is 7.50. The minimum Gasteiger partial charge on any atom is -0.414 e. The summed E-state index contributed by atoms with van der Waals surface area (Å²) in [6.07, 6.45) is 8.70. The predicted octanol–water partition coefficient (Wildman–Crippen LogP) is 7.93. The molecule has 0 aromatic heterocycles. The number of thioether (sulfide) groups is 2. The molecule has 1 atom stereocenters. The van der Waals surface area contributed by atoms with E-state index < -0.39 is 8.32 Å². The van der Waals surface area contributed by atoms with E-state index in [9.17, 15) is 0 Å². The second-order valence-corrected chi connectivity index (χ2v) is 17.2. The van der Waals surface area contributed by atoms with Crippen molar-refractivity contribution >= 4 is 31.8 Å². The van der Waals surface area contributed by atoms with Gasteiger partial charge in [-0.15, -0.1) is 23.5 Å². The first-order valence-corrected chi connectivity index (χ1v) is 15.8. The Kier molecular flexibility index (Phi) is 9.72. The van der Waals surface area contributed by atoms with Crippen LogP contribution < -0.4 is 0 Å². The molecule has 158 valence electrons. The topological polar surface area (TPSA) is 9.23 Å². The van der Waals surface area contributed by atoms with Gasteiger partial charge in [0.15, 0.2) is 8.32 Å². The van der Waals surface area contributed by atoms with Gasteiger partial charge >= 0.3 is 0 Å². The van der Waals surface area contributed by atoms with Crippen LogP contribution in [-0.4, -0.2) is 30.5 Å². The van der Waals surface area contributed by atoms with E-state index in [4.69, 9.17) is 4.43 Å². The van der Waals surface area contributed by atoms with Crippen LogP contribution in [0.25, 0.3) is 0 Å². The fourth-order valence-electron chi connectivity index (χ4n) is 3.10. The summed E-state index contributed by atoms with van der Waals surface area (Å²) < 4.78 is 7.62. The SMILES string of the molecule is C/C(=C\Cc1ccccc1)CC[C@H](CC1SCCCS1)O[Si](C)(C)C(C)(C)C. The van der Waals surface area contributed by atoms with Crippen molar-refractivity contribution in [1.82, 2.24) is 0 Å². The molecule has 0 saturated carbocycles. The van der Waals surface area contributed by atoms with Gasteiger partial charge in [-0.2, -0.15) is 0 Å². The van der Waals surface area contributed by atoms with Crippen LogP contribution in [0, 0.1) is 0 Å². The third kappa shape index (κ3) is 8.29. The first-order valence-electron chi connectivity index (χ1n) is 10.8. The summed E-state index contributed by atoms with van der Waals surface area (Å²) in [5, 5.41) is 0.274. The lowest BCUT2D eigenvalue weighted by atomic mass is 10.0. The molecule has 1 aliphatic rings. The Morgan fingerprint density at radius 1 is 1.18 bits per heavy atom. The Morgan fingerprint density at radius 3 is 2.43 bits per heavy atom. The molecule has 0 radical (unpaired) electrons. The van der Waals surface area contributed by atoms with Crippen molar-refractivity contribution < 1.29 is 4.43 Å². The van der Waals surface area contributed by atoms with Crippen LogP contribution in [0.1, 0.15) is 58.9 Å². The van der Waals surface area contributed by atoms with E-state index in [1.165, 1.54) is 35.5 Å². The van der Waals surface area contributed by atoms with Crippen LogP contribution in [0.2, 0.25) is 18.1 Å². The van der Waals surface area contributed by atoms with E-state index in [0.717, 1.165) is 23.8 Å². The minimum atomic E-state index is -1.73. The van der Waals surface area contributed by atoms with Crippen LogP contribution in [0.3, 0.4) is 0 Å². The van der Waals surface area contributed by atoms with E-state index >= 15 is 0 Å². The summed E-state index contributed by atoms with van der Waals surface area (Å²) in [6.45, 7) is 14.1. The maximum atomic E-state index is 6.90. The third-order valence-electron chi connectivity index (χ3n) is 6.01. The molecule has 0 spiro atoms.